The highest BCUT2D eigenvalue weighted by Gasteiger charge is 2.52. The van der Waals surface area contributed by atoms with Gasteiger partial charge in [0.2, 0.25) is 0 Å². The van der Waals surface area contributed by atoms with Crippen molar-refractivity contribution < 1.29 is 19.4 Å². The summed E-state index contributed by atoms with van der Waals surface area (Å²) in [5.41, 5.74) is 2.09. The van der Waals surface area contributed by atoms with Gasteiger partial charge < -0.3 is 19.5 Å². The largest absolute Gasteiger partial charge is 0.485 e. The van der Waals surface area contributed by atoms with Gasteiger partial charge in [0.1, 0.15) is 6.10 Å². The van der Waals surface area contributed by atoms with Crippen molar-refractivity contribution in [2.24, 2.45) is 0 Å². The van der Waals surface area contributed by atoms with E-state index in [1.807, 2.05) is 12.1 Å². The average molecular weight is 358 g/mol. The second-order valence-corrected chi connectivity index (χ2v) is 7.62. The van der Waals surface area contributed by atoms with Gasteiger partial charge in [-0.1, -0.05) is 25.1 Å². The van der Waals surface area contributed by atoms with Crippen LogP contribution in [-0.2, 0) is 12.0 Å². The van der Waals surface area contributed by atoms with Crippen LogP contribution in [0.4, 0.5) is 4.79 Å². The molecule has 0 unspecified atom stereocenters. The first-order valence-electron chi connectivity index (χ1n) is 9.26. The Morgan fingerprint density at radius 1 is 1.46 bits per heavy atom. The lowest BCUT2D eigenvalue weighted by atomic mass is 9.69. The Hall–Kier alpha value is -2.05. The van der Waals surface area contributed by atoms with Crippen LogP contribution in [-0.4, -0.2) is 60.4 Å². The lowest BCUT2D eigenvalue weighted by molar-refractivity contribution is 0.0809. The molecule has 140 valence electrons. The van der Waals surface area contributed by atoms with Crippen molar-refractivity contribution in [1.82, 2.24) is 9.80 Å². The summed E-state index contributed by atoms with van der Waals surface area (Å²) in [5, 5.41) is 10.1. The second kappa shape index (κ2) is 6.28. The molecule has 0 bridgehead atoms. The van der Waals surface area contributed by atoms with Crippen LogP contribution in [0.25, 0.3) is 0 Å². The van der Waals surface area contributed by atoms with E-state index in [2.05, 4.69) is 24.0 Å². The summed E-state index contributed by atoms with van der Waals surface area (Å²) < 4.78 is 11.9. The average Bonchev–Trinajstić information content (AvgIpc) is 2.85. The third kappa shape index (κ3) is 2.59. The fourth-order valence-electron chi connectivity index (χ4n) is 4.37. The minimum absolute atomic E-state index is 0.132. The van der Waals surface area contributed by atoms with Gasteiger partial charge in [0.15, 0.2) is 11.5 Å². The highest BCUT2D eigenvalue weighted by molar-refractivity contribution is 5.72. The van der Waals surface area contributed by atoms with Crippen molar-refractivity contribution >= 4 is 6.09 Å². The first-order valence-corrected chi connectivity index (χ1v) is 9.26. The number of benzene rings is 1. The molecule has 2 aliphatic heterocycles. The van der Waals surface area contributed by atoms with Gasteiger partial charge >= 0.3 is 6.09 Å². The van der Waals surface area contributed by atoms with E-state index in [0.29, 0.717) is 17.9 Å². The molecule has 0 saturated heterocycles. The lowest BCUT2D eigenvalue weighted by Crippen LogP contribution is -2.43. The number of aliphatic hydroxyl groups excluding tert-OH is 1. The Labute approximate surface area is 154 Å². The molecule has 0 aromatic heterocycles. The maximum atomic E-state index is 12.1. The van der Waals surface area contributed by atoms with Gasteiger partial charge in [0.05, 0.1) is 11.5 Å². The quantitative estimate of drug-likeness (QED) is 0.822. The van der Waals surface area contributed by atoms with Crippen LogP contribution < -0.4 is 9.47 Å². The molecule has 1 spiro atoms. The number of nitrogens with zero attached hydrogens (tertiary/aromatic N) is 2. The monoisotopic (exact) mass is 358 g/mol. The van der Waals surface area contributed by atoms with E-state index in [0.717, 1.165) is 31.6 Å². The Bertz CT molecular complexity index is 760. The number of hydrogen-bond acceptors (Lipinski definition) is 5. The van der Waals surface area contributed by atoms with Crippen LogP contribution in [0.15, 0.2) is 24.3 Å². The second-order valence-electron chi connectivity index (χ2n) is 7.62. The molecule has 2 heterocycles. The van der Waals surface area contributed by atoms with E-state index in [-0.39, 0.29) is 11.5 Å². The normalized spacial score (nSPS) is 29.4. The van der Waals surface area contributed by atoms with E-state index in [9.17, 15) is 9.90 Å². The standard InChI is InChI=1S/C20H26N2O4/c1-4-22-10-9-20-8-7-14(23)11-16(20)26-18-15(25-19(24)21(2)3)6-5-13(12-22)17(18)20/h5-8,14,16,23H,4,9-12H2,1-3H3/t14-,16-,20-/m0/s1. The van der Waals surface area contributed by atoms with Gasteiger partial charge in [0.25, 0.3) is 0 Å². The Morgan fingerprint density at radius 2 is 2.27 bits per heavy atom. The lowest BCUT2D eigenvalue weighted by Gasteiger charge is -2.35. The number of ether oxygens (including phenoxy) is 2. The molecule has 1 amide bonds. The molecule has 4 rings (SSSR count). The van der Waals surface area contributed by atoms with Crippen molar-refractivity contribution in [2.75, 3.05) is 27.2 Å². The summed E-state index contributed by atoms with van der Waals surface area (Å²) in [7, 11) is 3.32. The molecule has 0 saturated carbocycles. The molecular weight excluding hydrogens is 332 g/mol. The zero-order valence-corrected chi connectivity index (χ0v) is 15.6. The van der Waals surface area contributed by atoms with Crippen LogP contribution in [0.2, 0.25) is 0 Å². The summed E-state index contributed by atoms with van der Waals surface area (Å²) in [5.74, 6) is 1.13. The summed E-state index contributed by atoms with van der Waals surface area (Å²) in [4.78, 5) is 15.9. The molecule has 1 N–H and O–H groups in total. The SMILES string of the molecule is CCN1CC[C@@]23C=C[C@H](O)C[C@@H]2Oc2c(OC(=O)N(C)C)ccc(c23)C1. The molecular formula is C20H26N2O4. The van der Waals surface area contributed by atoms with Crippen molar-refractivity contribution in [3.05, 3.63) is 35.4 Å². The molecule has 3 atom stereocenters. The van der Waals surface area contributed by atoms with E-state index in [4.69, 9.17) is 9.47 Å². The van der Waals surface area contributed by atoms with Crippen molar-refractivity contribution in [3.8, 4) is 11.5 Å². The van der Waals surface area contributed by atoms with Gasteiger partial charge in [-0.05, 0) is 31.1 Å². The van der Waals surface area contributed by atoms with Crippen LogP contribution >= 0.6 is 0 Å². The molecule has 0 fully saturated rings. The Morgan fingerprint density at radius 3 is 3.00 bits per heavy atom. The summed E-state index contributed by atoms with van der Waals surface area (Å²) in [6.07, 6.45) is 4.44. The molecule has 1 aliphatic carbocycles. The summed E-state index contributed by atoms with van der Waals surface area (Å²) in [6.45, 7) is 4.98. The minimum Gasteiger partial charge on any atom is -0.485 e. The maximum absolute atomic E-state index is 12.1. The summed E-state index contributed by atoms with van der Waals surface area (Å²) in [6, 6.07) is 3.89. The van der Waals surface area contributed by atoms with Gasteiger partial charge in [-0.2, -0.15) is 0 Å². The minimum atomic E-state index is -0.498. The molecule has 1 aromatic carbocycles. The maximum Gasteiger partial charge on any atom is 0.414 e. The third-order valence-corrected chi connectivity index (χ3v) is 5.82. The first kappa shape index (κ1) is 17.4. The number of aliphatic hydroxyl groups is 1. The van der Waals surface area contributed by atoms with E-state index < -0.39 is 12.2 Å². The van der Waals surface area contributed by atoms with E-state index in [1.165, 1.54) is 10.5 Å². The third-order valence-electron chi connectivity index (χ3n) is 5.82. The number of hydrogen-bond donors (Lipinski definition) is 1. The van der Waals surface area contributed by atoms with Crippen LogP contribution in [0, 0.1) is 0 Å². The molecule has 0 radical (unpaired) electrons. The number of rotatable bonds is 2. The van der Waals surface area contributed by atoms with Crippen LogP contribution in [0.3, 0.4) is 0 Å². The van der Waals surface area contributed by atoms with Crippen molar-refractivity contribution in [3.63, 3.8) is 0 Å². The number of carbonyl (C=O) groups excluding carboxylic acids is 1. The fourth-order valence-corrected chi connectivity index (χ4v) is 4.37. The molecule has 6 heteroatoms. The smallest absolute Gasteiger partial charge is 0.414 e. The zero-order valence-electron chi connectivity index (χ0n) is 15.6. The summed E-state index contributed by atoms with van der Waals surface area (Å²) >= 11 is 0. The van der Waals surface area contributed by atoms with E-state index >= 15 is 0 Å². The predicted molar refractivity (Wildman–Crippen MR) is 97.6 cm³/mol. The van der Waals surface area contributed by atoms with Gasteiger partial charge in [-0.15, -0.1) is 0 Å². The topological polar surface area (TPSA) is 62.2 Å². The van der Waals surface area contributed by atoms with Gasteiger partial charge in [-0.25, -0.2) is 4.79 Å². The number of amides is 1. The van der Waals surface area contributed by atoms with E-state index in [1.54, 1.807) is 14.1 Å². The highest BCUT2D eigenvalue weighted by Crippen LogP contribution is 2.55. The first-order chi connectivity index (χ1) is 12.4. The Balaban J connectivity index is 1.84. The molecule has 26 heavy (non-hydrogen) atoms. The fraction of sp³-hybridized carbons (Fsp3) is 0.550. The highest BCUT2D eigenvalue weighted by atomic mass is 16.6. The van der Waals surface area contributed by atoms with Crippen molar-refractivity contribution in [1.29, 1.82) is 0 Å². The van der Waals surface area contributed by atoms with Gasteiger partial charge in [-0.3, -0.25) is 4.90 Å². The van der Waals surface area contributed by atoms with Crippen LogP contribution in [0.1, 0.15) is 30.9 Å². The molecule has 1 aromatic rings. The zero-order chi connectivity index (χ0) is 18.5. The van der Waals surface area contributed by atoms with Crippen molar-refractivity contribution in [2.45, 2.75) is 43.9 Å². The predicted octanol–water partition coefficient (Wildman–Crippen LogP) is 2.29. The van der Waals surface area contributed by atoms with Gasteiger partial charge in [0, 0.05) is 32.6 Å². The van der Waals surface area contributed by atoms with Crippen LogP contribution in [0.5, 0.6) is 11.5 Å². The Kier molecular flexibility index (Phi) is 4.20. The molecule has 3 aliphatic rings. The molecule has 6 nitrogen and oxygen atoms in total. The number of carbonyl (C=O) groups is 1.